The number of aryl methyl sites for hydroxylation is 1. The second kappa shape index (κ2) is 7.73. The van der Waals surface area contributed by atoms with Crippen LogP contribution in [-0.4, -0.2) is 32.3 Å². The number of aromatic nitrogens is 3. The molecule has 1 aliphatic rings. The molecule has 31 heavy (non-hydrogen) atoms. The Morgan fingerprint density at radius 3 is 2.84 bits per heavy atom. The van der Waals surface area contributed by atoms with Crippen molar-refractivity contribution in [3.8, 4) is 11.3 Å². The summed E-state index contributed by atoms with van der Waals surface area (Å²) in [4.78, 5) is 22.7. The molecule has 0 bridgehead atoms. The summed E-state index contributed by atoms with van der Waals surface area (Å²) in [7, 11) is 0. The zero-order valence-corrected chi connectivity index (χ0v) is 17.0. The molecule has 0 radical (unpaired) electrons. The fraction of sp³-hybridized carbons (Fsp3) is 0.174. The van der Waals surface area contributed by atoms with Gasteiger partial charge in [0.25, 0.3) is 0 Å². The first-order valence-electron chi connectivity index (χ1n) is 10.1. The topological polar surface area (TPSA) is 97.8 Å². The van der Waals surface area contributed by atoms with E-state index in [4.69, 9.17) is 10.6 Å². The summed E-state index contributed by atoms with van der Waals surface area (Å²) in [6.45, 7) is 2.52. The third kappa shape index (κ3) is 3.47. The number of hydroxylamine groups is 2. The molecule has 1 aliphatic heterocycles. The molecule has 4 aromatic rings. The molecule has 1 saturated heterocycles. The Kier molecular flexibility index (Phi) is 4.76. The van der Waals surface area contributed by atoms with Crippen LogP contribution in [0.25, 0.3) is 16.8 Å². The Labute approximate surface area is 179 Å². The highest BCUT2D eigenvalue weighted by molar-refractivity contribution is 5.90. The van der Waals surface area contributed by atoms with Gasteiger partial charge >= 0.3 is 6.03 Å². The van der Waals surface area contributed by atoms with E-state index in [1.807, 2.05) is 67.6 Å². The highest BCUT2D eigenvalue weighted by Crippen LogP contribution is 2.32. The van der Waals surface area contributed by atoms with Gasteiger partial charge in [-0.05, 0) is 42.3 Å². The number of nitrogens with zero attached hydrogens (tertiary/aromatic N) is 4. The number of benzene rings is 2. The zero-order chi connectivity index (χ0) is 21.4. The minimum Gasteiger partial charge on any atom is -0.382 e. The molecule has 1 unspecified atom stereocenters. The third-order valence-electron chi connectivity index (χ3n) is 5.54. The maximum Gasteiger partial charge on any atom is 0.346 e. The number of amides is 2. The van der Waals surface area contributed by atoms with Crippen LogP contribution in [0.5, 0.6) is 0 Å². The van der Waals surface area contributed by atoms with Gasteiger partial charge in [-0.2, -0.15) is 10.2 Å². The molecule has 2 aromatic heterocycles. The highest BCUT2D eigenvalue weighted by Gasteiger charge is 2.31. The highest BCUT2D eigenvalue weighted by atomic mass is 16.7. The van der Waals surface area contributed by atoms with Crippen LogP contribution < -0.4 is 11.1 Å². The number of anilines is 2. The predicted octanol–water partition coefficient (Wildman–Crippen LogP) is 4.20. The van der Waals surface area contributed by atoms with Crippen molar-refractivity contribution in [3.05, 3.63) is 78.1 Å². The number of nitrogen functional groups attached to an aromatic ring is 1. The van der Waals surface area contributed by atoms with E-state index in [0.29, 0.717) is 18.1 Å². The van der Waals surface area contributed by atoms with Crippen LogP contribution in [0, 0.1) is 6.92 Å². The molecule has 0 aliphatic carbocycles. The standard InChI is InChI=1S/C23H22N6O2/c1-15-7-8-17(13-18(15)20-9-10-21-22(24)25-14-26-28(20)21)27-23(30)29-19(11-12-31-29)16-5-3-2-4-6-16/h2-10,13-14,19H,11-12H2,1H3,(H,27,30)(H2,24,25,26). The lowest BCUT2D eigenvalue weighted by atomic mass is 10.0. The van der Waals surface area contributed by atoms with Crippen molar-refractivity contribution in [2.24, 2.45) is 0 Å². The van der Waals surface area contributed by atoms with Gasteiger partial charge in [0.15, 0.2) is 5.82 Å². The quantitative estimate of drug-likeness (QED) is 0.524. The number of nitrogens with one attached hydrogen (secondary N) is 1. The van der Waals surface area contributed by atoms with Crippen LogP contribution >= 0.6 is 0 Å². The molecule has 8 nitrogen and oxygen atoms in total. The summed E-state index contributed by atoms with van der Waals surface area (Å²) in [6, 6.07) is 19.1. The lowest BCUT2D eigenvalue weighted by Gasteiger charge is -2.23. The van der Waals surface area contributed by atoms with Crippen molar-refractivity contribution in [2.45, 2.75) is 19.4 Å². The molecule has 1 fully saturated rings. The number of carbonyl (C=O) groups is 1. The molecule has 2 amide bonds. The molecule has 0 spiro atoms. The maximum atomic E-state index is 13.0. The molecule has 0 saturated carbocycles. The van der Waals surface area contributed by atoms with E-state index in [2.05, 4.69) is 15.4 Å². The average molecular weight is 414 g/mol. The number of rotatable bonds is 3. The van der Waals surface area contributed by atoms with E-state index in [-0.39, 0.29) is 12.1 Å². The van der Waals surface area contributed by atoms with Crippen LogP contribution in [0.1, 0.15) is 23.6 Å². The van der Waals surface area contributed by atoms with E-state index in [0.717, 1.165) is 34.3 Å². The molecule has 5 rings (SSSR count). The van der Waals surface area contributed by atoms with Crippen LogP contribution in [0.2, 0.25) is 0 Å². The summed E-state index contributed by atoms with van der Waals surface area (Å²) < 4.78 is 1.76. The number of urea groups is 1. The SMILES string of the molecule is Cc1ccc(NC(=O)N2OCCC2c2ccccc2)cc1-c1ccc2c(N)ncnn12. The van der Waals surface area contributed by atoms with Gasteiger partial charge in [-0.25, -0.2) is 14.3 Å². The summed E-state index contributed by atoms with van der Waals surface area (Å²) in [5, 5.41) is 8.72. The lowest BCUT2D eigenvalue weighted by Crippen LogP contribution is -2.33. The molecule has 3 heterocycles. The Bertz CT molecular complexity index is 1250. The van der Waals surface area contributed by atoms with E-state index < -0.39 is 0 Å². The summed E-state index contributed by atoms with van der Waals surface area (Å²) in [6.07, 6.45) is 2.19. The van der Waals surface area contributed by atoms with Gasteiger partial charge in [-0.15, -0.1) is 0 Å². The second-order valence-electron chi connectivity index (χ2n) is 7.49. The third-order valence-corrected chi connectivity index (χ3v) is 5.54. The molecule has 3 N–H and O–H groups in total. The first kappa shape index (κ1) is 19.1. The summed E-state index contributed by atoms with van der Waals surface area (Å²) in [5.74, 6) is 0.418. The van der Waals surface area contributed by atoms with Crippen molar-refractivity contribution < 1.29 is 9.63 Å². The monoisotopic (exact) mass is 414 g/mol. The maximum absolute atomic E-state index is 13.0. The van der Waals surface area contributed by atoms with Gasteiger partial charge in [-0.1, -0.05) is 36.4 Å². The Balaban J connectivity index is 1.43. The van der Waals surface area contributed by atoms with Gasteiger partial charge in [0.1, 0.15) is 11.8 Å². The van der Waals surface area contributed by atoms with Crippen LogP contribution in [0.15, 0.2) is 67.0 Å². The number of nitrogens with two attached hydrogens (primary N) is 1. The molecule has 2 aromatic carbocycles. The first-order chi connectivity index (χ1) is 15.1. The van der Waals surface area contributed by atoms with Gasteiger partial charge < -0.3 is 11.1 Å². The first-order valence-corrected chi connectivity index (χ1v) is 10.1. The van der Waals surface area contributed by atoms with E-state index in [9.17, 15) is 4.79 Å². The molecular weight excluding hydrogens is 392 g/mol. The number of fused-ring (bicyclic) bond motifs is 1. The molecular formula is C23H22N6O2. The number of hydrogen-bond acceptors (Lipinski definition) is 5. The van der Waals surface area contributed by atoms with Gasteiger partial charge in [0.2, 0.25) is 0 Å². The molecule has 156 valence electrons. The fourth-order valence-corrected chi connectivity index (χ4v) is 3.96. The van der Waals surface area contributed by atoms with E-state index in [1.54, 1.807) is 4.52 Å². The smallest absolute Gasteiger partial charge is 0.346 e. The number of hydrogen-bond donors (Lipinski definition) is 2. The Hall–Kier alpha value is -3.91. The van der Waals surface area contributed by atoms with Crippen molar-refractivity contribution in [3.63, 3.8) is 0 Å². The van der Waals surface area contributed by atoms with Crippen LogP contribution in [-0.2, 0) is 4.84 Å². The largest absolute Gasteiger partial charge is 0.382 e. The Morgan fingerprint density at radius 1 is 1.16 bits per heavy atom. The fourth-order valence-electron chi connectivity index (χ4n) is 3.96. The normalized spacial score (nSPS) is 16.0. The van der Waals surface area contributed by atoms with Gasteiger partial charge in [0, 0.05) is 17.7 Å². The summed E-state index contributed by atoms with van der Waals surface area (Å²) >= 11 is 0. The van der Waals surface area contributed by atoms with Crippen molar-refractivity contribution in [1.29, 1.82) is 0 Å². The second-order valence-corrected chi connectivity index (χ2v) is 7.49. The zero-order valence-electron chi connectivity index (χ0n) is 17.0. The lowest BCUT2D eigenvalue weighted by molar-refractivity contribution is -0.0829. The van der Waals surface area contributed by atoms with E-state index >= 15 is 0 Å². The van der Waals surface area contributed by atoms with Crippen molar-refractivity contribution in [1.82, 2.24) is 19.7 Å². The predicted molar refractivity (Wildman–Crippen MR) is 118 cm³/mol. The van der Waals surface area contributed by atoms with Crippen molar-refractivity contribution >= 4 is 23.1 Å². The molecule has 8 heteroatoms. The molecule has 1 atom stereocenters. The van der Waals surface area contributed by atoms with Crippen molar-refractivity contribution in [2.75, 3.05) is 17.7 Å². The van der Waals surface area contributed by atoms with Gasteiger partial charge in [-0.3, -0.25) is 4.84 Å². The minimum atomic E-state index is -0.298. The van der Waals surface area contributed by atoms with Crippen LogP contribution in [0.3, 0.4) is 0 Å². The average Bonchev–Trinajstić information content (AvgIpc) is 3.44. The minimum absolute atomic E-state index is 0.111. The Morgan fingerprint density at radius 2 is 2.00 bits per heavy atom. The number of carbonyl (C=O) groups excluding carboxylic acids is 1. The summed E-state index contributed by atoms with van der Waals surface area (Å²) in [5.41, 5.74) is 11.3. The van der Waals surface area contributed by atoms with Crippen LogP contribution in [0.4, 0.5) is 16.3 Å². The van der Waals surface area contributed by atoms with E-state index in [1.165, 1.54) is 11.4 Å². The van der Waals surface area contributed by atoms with Gasteiger partial charge in [0.05, 0.1) is 18.3 Å².